The molecule has 3 rings (SSSR count). The summed E-state index contributed by atoms with van der Waals surface area (Å²) in [5.41, 5.74) is 1.37. The van der Waals surface area contributed by atoms with Gasteiger partial charge in [-0.25, -0.2) is 23.4 Å². The third-order valence-electron chi connectivity index (χ3n) is 5.55. The molecule has 0 aliphatic carbocycles. The van der Waals surface area contributed by atoms with Crippen molar-refractivity contribution in [1.29, 1.82) is 0 Å². The number of pyridine rings is 2. The van der Waals surface area contributed by atoms with E-state index in [1.165, 1.54) is 18.3 Å². The van der Waals surface area contributed by atoms with Gasteiger partial charge in [-0.15, -0.1) is 0 Å². The second-order valence-electron chi connectivity index (χ2n) is 9.79. The maximum Gasteiger partial charge on any atom is 0.425 e. The molecule has 1 N–H and O–H groups in total. The Bertz CT molecular complexity index is 1350. The number of nitrogens with zero attached hydrogens (tertiary/aromatic N) is 3. The summed E-state index contributed by atoms with van der Waals surface area (Å²) in [7, 11) is 0. The van der Waals surface area contributed by atoms with Crippen LogP contribution in [0, 0.1) is 18.6 Å². The second-order valence-corrected chi connectivity index (χ2v) is 10.7. The van der Waals surface area contributed by atoms with E-state index in [2.05, 4.69) is 31.2 Å². The van der Waals surface area contributed by atoms with E-state index < -0.39 is 35.2 Å². The minimum Gasteiger partial charge on any atom is -0.449 e. The van der Waals surface area contributed by atoms with Crippen molar-refractivity contribution in [2.75, 3.05) is 16.8 Å². The fourth-order valence-electron chi connectivity index (χ4n) is 3.50. The van der Waals surface area contributed by atoms with Gasteiger partial charge in [-0.3, -0.25) is 4.98 Å². The Morgan fingerprint density at radius 2 is 1.82 bits per heavy atom. The van der Waals surface area contributed by atoms with Crippen LogP contribution in [-0.2, 0) is 15.9 Å². The number of rotatable bonds is 8. The summed E-state index contributed by atoms with van der Waals surface area (Å²) in [4.78, 5) is 34.4. The number of carbonyl (C=O) groups excluding carboxylic acids is 2. The average Bonchev–Trinajstić information content (AvgIpc) is 2.84. The van der Waals surface area contributed by atoms with Gasteiger partial charge in [0.25, 0.3) is 0 Å². The van der Waals surface area contributed by atoms with Crippen molar-refractivity contribution in [2.45, 2.75) is 59.5 Å². The van der Waals surface area contributed by atoms with E-state index in [-0.39, 0.29) is 24.3 Å². The Hall–Kier alpha value is -3.60. The lowest BCUT2D eigenvalue weighted by Gasteiger charge is -2.25. The standard InChI is InChI=1S/C28H31BrF2N4O4/c1-6-7-12-38-26(36)35(27(37)39-28(3,4)5)25-24(31)18(10-11-33-25)13-19-15-32-16-23(17(19)2)34-22-9-8-20(29)14-21(22)30/h8-11,14-16,34H,6-7,12-13H2,1-5H3. The summed E-state index contributed by atoms with van der Waals surface area (Å²) in [6.07, 6.45) is 3.63. The van der Waals surface area contributed by atoms with Crippen LogP contribution >= 0.6 is 15.9 Å². The first-order valence-corrected chi connectivity index (χ1v) is 13.2. The number of ether oxygens (including phenoxy) is 2. The van der Waals surface area contributed by atoms with Gasteiger partial charge in [0.05, 0.1) is 24.2 Å². The highest BCUT2D eigenvalue weighted by molar-refractivity contribution is 9.10. The summed E-state index contributed by atoms with van der Waals surface area (Å²) in [6.45, 7) is 8.66. The van der Waals surface area contributed by atoms with Gasteiger partial charge in [-0.1, -0.05) is 29.3 Å². The van der Waals surface area contributed by atoms with Crippen molar-refractivity contribution in [3.05, 3.63) is 75.7 Å². The lowest BCUT2D eigenvalue weighted by molar-refractivity contribution is 0.0565. The van der Waals surface area contributed by atoms with Crippen molar-refractivity contribution in [1.82, 2.24) is 9.97 Å². The third-order valence-corrected chi connectivity index (χ3v) is 6.04. The molecule has 0 radical (unpaired) electrons. The number of hydrogen-bond donors (Lipinski definition) is 1. The van der Waals surface area contributed by atoms with Crippen LogP contribution in [-0.4, -0.2) is 34.4 Å². The summed E-state index contributed by atoms with van der Waals surface area (Å²) in [6, 6.07) is 6.08. The van der Waals surface area contributed by atoms with E-state index in [1.54, 1.807) is 52.2 Å². The molecule has 8 nitrogen and oxygen atoms in total. The fraction of sp³-hybridized carbons (Fsp3) is 0.357. The molecule has 0 saturated carbocycles. The molecule has 208 valence electrons. The van der Waals surface area contributed by atoms with Gasteiger partial charge in [0.15, 0.2) is 11.6 Å². The van der Waals surface area contributed by atoms with Crippen molar-refractivity contribution in [3.63, 3.8) is 0 Å². The van der Waals surface area contributed by atoms with Crippen LogP contribution in [0.4, 0.5) is 35.6 Å². The highest BCUT2D eigenvalue weighted by Crippen LogP contribution is 2.29. The van der Waals surface area contributed by atoms with Gasteiger partial charge in [0.2, 0.25) is 0 Å². The maximum absolute atomic E-state index is 15.8. The highest BCUT2D eigenvalue weighted by atomic mass is 79.9. The molecule has 0 unspecified atom stereocenters. The van der Waals surface area contributed by atoms with E-state index in [1.807, 2.05) is 6.92 Å². The molecule has 0 aliphatic rings. The monoisotopic (exact) mass is 604 g/mol. The van der Waals surface area contributed by atoms with Crippen molar-refractivity contribution >= 4 is 45.3 Å². The maximum atomic E-state index is 15.8. The van der Waals surface area contributed by atoms with Crippen molar-refractivity contribution < 1.29 is 27.8 Å². The number of nitrogens with one attached hydrogen (secondary N) is 1. The zero-order valence-electron chi connectivity index (χ0n) is 22.5. The summed E-state index contributed by atoms with van der Waals surface area (Å²) in [5, 5.41) is 3.02. The predicted molar refractivity (Wildman–Crippen MR) is 148 cm³/mol. The number of carbonyl (C=O) groups is 2. The molecule has 0 bridgehead atoms. The Morgan fingerprint density at radius 3 is 2.49 bits per heavy atom. The van der Waals surface area contributed by atoms with Gasteiger partial charge in [0, 0.05) is 23.3 Å². The molecule has 11 heteroatoms. The zero-order chi connectivity index (χ0) is 28.7. The van der Waals surface area contributed by atoms with Crippen LogP contribution in [0.2, 0.25) is 0 Å². The molecule has 0 saturated heterocycles. The molecule has 2 amide bonds. The number of halogens is 3. The van der Waals surface area contributed by atoms with Crippen LogP contribution in [0.1, 0.15) is 57.2 Å². The molecule has 2 aromatic heterocycles. The van der Waals surface area contributed by atoms with Crippen LogP contribution < -0.4 is 10.2 Å². The first-order valence-electron chi connectivity index (χ1n) is 12.4. The number of amides is 2. The molecule has 1 aromatic carbocycles. The Kier molecular flexibility index (Phi) is 9.96. The smallest absolute Gasteiger partial charge is 0.425 e. The molecular formula is C28H31BrF2N4O4. The second kappa shape index (κ2) is 13.0. The molecule has 0 spiro atoms. The van der Waals surface area contributed by atoms with Crippen molar-refractivity contribution in [3.8, 4) is 0 Å². The molecule has 0 aliphatic heterocycles. The molecule has 39 heavy (non-hydrogen) atoms. The molecule has 0 fully saturated rings. The third kappa shape index (κ3) is 7.95. The Morgan fingerprint density at radius 1 is 1.08 bits per heavy atom. The molecule has 3 aromatic rings. The summed E-state index contributed by atoms with van der Waals surface area (Å²) < 4.78 is 41.3. The van der Waals surface area contributed by atoms with Gasteiger partial charge < -0.3 is 14.8 Å². The SMILES string of the molecule is CCCCOC(=O)N(C(=O)OC(C)(C)C)c1nccc(Cc2cncc(Nc3ccc(Br)cc3F)c2C)c1F. The Labute approximate surface area is 234 Å². The summed E-state index contributed by atoms with van der Waals surface area (Å²) in [5.74, 6) is -1.86. The van der Waals surface area contributed by atoms with Gasteiger partial charge in [0.1, 0.15) is 11.4 Å². The average molecular weight is 605 g/mol. The zero-order valence-corrected chi connectivity index (χ0v) is 24.1. The number of aromatic nitrogens is 2. The number of unbranched alkanes of at least 4 members (excludes halogenated alkanes) is 1. The molecule has 0 atom stereocenters. The minimum atomic E-state index is -1.10. The van der Waals surface area contributed by atoms with E-state index in [0.29, 0.717) is 32.6 Å². The minimum absolute atomic E-state index is 0.0551. The molecule has 2 heterocycles. The molecular weight excluding hydrogens is 574 g/mol. The van der Waals surface area contributed by atoms with E-state index >= 15 is 4.39 Å². The largest absolute Gasteiger partial charge is 0.449 e. The predicted octanol–water partition coefficient (Wildman–Crippen LogP) is 7.84. The lowest BCUT2D eigenvalue weighted by atomic mass is 10.0. The van der Waals surface area contributed by atoms with E-state index in [4.69, 9.17) is 9.47 Å². The Balaban J connectivity index is 1.93. The van der Waals surface area contributed by atoms with Crippen LogP contribution in [0.5, 0.6) is 0 Å². The van der Waals surface area contributed by atoms with Crippen LogP contribution in [0.25, 0.3) is 0 Å². The quantitative estimate of drug-likeness (QED) is 0.262. The number of imide groups is 1. The topological polar surface area (TPSA) is 93.7 Å². The van der Waals surface area contributed by atoms with Crippen LogP contribution in [0.15, 0.2) is 47.3 Å². The van der Waals surface area contributed by atoms with E-state index in [0.717, 1.165) is 6.42 Å². The fourth-order valence-corrected chi connectivity index (χ4v) is 3.83. The first-order chi connectivity index (χ1) is 18.4. The van der Waals surface area contributed by atoms with E-state index in [9.17, 15) is 14.0 Å². The van der Waals surface area contributed by atoms with Crippen molar-refractivity contribution in [2.24, 2.45) is 0 Å². The highest BCUT2D eigenvalue weighted by Gasteiger charge is 2.34. The van der Waals surface area contributed by atoms with Crippen LogP contribution in [0.3, 0.4) is 0 Å². The summed E-state index contributed by atoms with van der Waals surface area (Å²) >= 11 is 3.23. The number of anilines is 3. The van der Waals surface area contributed by atoms with Gasteiger partial charge in [-0.05, 0) is 75.1 Å². The number of hydrogen-bond acceptors (Lipinski definition) is 7. The van der Waals surface area contributed by atoms with Gasteiger partial charge in [-0.2, -0.15) is 4.90 Å². The van der Waals surface area contributed by atoms with Gasteiger partial charge >= 0.3 is 12.2 Å². The lowest BCUT2D eigenvalue weighted by Crippen LogP contribution is -2.42. The number of benzene rings is 1. The normalized spacial score (nSPS) is 11.2. The first kappa shape index (κ1) is 29.9.